The van der Waals surface area contributed by atoms with E-state index in [1.807, 2.05) is 83.1 Å². The van der Waals surface area contributed by atoms with Crippen molar-refractivity contribution in [3.8, 4) is 0 Å². The molecule has 2 aromatic heterocycles. The van der Waals surface area contributed by atoms with Gasteiger partial charge < -0.3 is 38.1 Å². The molecule has 52 heavy (non-hydrogen) atoms. The smallest absolute Gasteiger partial charge is 0.405 e. The predicted molar refractivity (Wildman–Crippen MR) is 186 cm³/mol. The zero-order valence-electron chi connectivity index (χ0n) is 31.2. The molecule has 0 aromatic carbocycles. The van der Waals surface area contributed by atoms with Gasteiger partial charge in [-0.05, 0) is 117 Å². The lowest BCUT2D eigenvalue weighted by Crippen LogP contribution is -2.41. The van der Waals surface area contributed by atoms with Crippen molar-refractivity contribution in [3.63, 3.8) is 0 Å². The molecule has 2 atom stereocenters. The van der Waals surface area contributed by atoms with E-state index in [2.05, 4.69) is 25.9 Å². The van der Waals surface area contributed by atoms with Crippen molar-refractivity contribution in [1.29, 1.82) is 0 Å². The standard InChI is InChI=1S/C13H17BF3NO3.C12H24B2O4.C7H5BrF3NO/c1-11(2)12(3,4)21-14(20-11)8-5-6-9(18-7-8)10(19)13(15,16)17;1-9(2)10(3,4)16-13(15-9)14-17-11(5,6)12(7,8)18-14;8-4-1-2-5(12-3-4)6(13)7(9,10)11/h5-7,10,19H,1-4H3;1-8H3;1-3,6,13H. The topological polar surface area (TPSA) is 122 Å². The van der Waals surface area contributed by atoms with Crippen LogP contribution in [0.4, 0.5) is 26.3 Å². The maximum absolute atomic E-state index is 12.4. The Labute approximate surface area is 310 Å². The van der Waals surface area contributed by atoms with Crippen LogP contribution < -0.4 is 5.46 Å². The SMILES string of the molecule is CC1(C)OB(B2OC(C)(C)C(C)(C)O2)OC1(C)C.CC1(C)OB(c2ccc(C(O)C(F)(F)F)nc2)OC1(C)C.OC(c1ccc(Br)cn1)C(F)(F)F. The Kier molecular flexibility index (Phi) is 12.9. The van der Waals surface area contributed by atoms with Gasteiger partial charge >= 0.3 is 33.5 Å². The Bertz CT molecular complexity index is 1430. The lowest BCUT2D eigenvalue weighted by molar-refractivity contribution is -0.208. The van der Waals surface area contributed by atoms with E-state index in [9.17, 15) is 26.3 Å². The Morgan fingerprint density at radius 1 is 0.538 bits per heavy atom. The van der Waals surface area contributed by atoms with Crippen molar-refractivity contribution >= 4 is 42.5 Å². The van der Waals surface area contributed by atoms with Crippen LogP contribution >= 0.6 is 15.9 Å². The van der Waals surface area contributed by atoms with E-state index in [1.165, 1.54) is 24.5 Å². The van der Waals surface area contributed by atoms with Crippen LogP contribution in [0.1, 0.15) is 107 Å². The third kappa shape index (κ3) is 10.1. The summed E-state index contributed by atoms with van der Waals surface area (Å²) in [6.07, 6.45) is -12.1. The maximum atomic E-state index is 12.4. The summed E-state index contributed by atoms with van der Waals surface area (Å²) in [4.78, 5) is 7.08. The molecule has 0 amide bonds. The van der Waals surface area contributed by atoms with Crippen molar-refractivity contribution in [2.75, 3.05) is 0 Å². The molecule has 10 nitrogen and oxygen atoms in total. The molecule has 3 saturated heterocycles. The number of halogens is 7. The molecule has 290 valence electrons. The van der Waals surface area contributed by atoms with Crippen LogP contribution in [0.5, 0.6) is 0 Å². The molecular weight excluding hydrogens is 767 g/mol. The normalized spacial score (nSPS) is 23.7. The lowest BCUT2D eigenvalue weighted by atomic mass is 9.49. The Balaban J connectivity index is 0.000000216. The summed E-state index contributed by atoms with van der Waals surface area (Å²) >= 11 is 3.02. The van der Waals surface area contributed by atoms with Crippen molar-refractivity contribution in [2.24, 2.45) is 0 Å². The monoisotopic (exact) mass is 812 g/mol. The van der Waals surface area contributed by atoms with Crippen LogP contribution in [0, 0.1) is 0 Å². The highest BCUT2D eigenvalue weighted by Crippen LogP contribution is 2.43. The highest BCUT2D eigenvalue weighted by Gasteiger charge is 2.63. The molecule has 2 aromatic rings. The minimum atomic E-state index is -4.74. The van der Waals surface area contributed by atoms with Crippen molar-refractivity contribution < 1.29 is 64.5 Å². The van der Waals surface area contributed by atoms with Crippen LogP contribution in [0.25, 0.3) is 0 Å². The molecule has 3 aliphatic rings. The average Bonchev–Trinajstić information content (AvgIpc) is 3.45. The molecule has 0 saturated carbocycles. The second-order valence-corrected chi connectivity index (χ2v) is 16.6. The zero-order chi connectivity index (χ0) is 40.1. The summed E-state index contributed by atoms with van der Waals surface area (Å²) in [5, 5.41) is 17.9. The molecular formula is C32H46B3BrF6N2O8. The van der Waals surface area contributed by atoms with Gasteiger partial charge in [0.05, 0.1) is 45.0 Å². The number of rotatable bonds is 4. The van der Waals surface area contributed by atoms with Gasteiger partial charge in [0, 0.05) is 22.3 Å². The van der Waals surface area contributed by atoms with Gasteiger partial charge in [0.1, 0.15) is 0 Å². The molecule has 3 fully saturated rings. The Morgan fingerprint density at radius 2 is 0.846 bits per heavy atom. The number of aliphatic hydroxyl groups excluding tert-OH is 2. The van der Waals surface area contributed by atoms with Crippen LogP contribution in [-0.2, 0) is 27.9 Å². The molecule has 5 heterocycles. The van der Waals surface area contributed by atoms with Gasteiger partial charge in [-0.2, -0.15) is 26.3 Å². The second kappa shape index (κ2) is 15.1. The summed E-state index contributed by atoms with van der Waals surface area (Å²) in [5.41, 5.74) is -2.88. The van der Waals surface area contributed by atoms with Crippen LogP contribution in [0.2, 0.25) is 0 Å². The molecule has 0 bridgehead atoms. The van der Waals surface area contributed by atoms with Gasteiger partial charge in [-0.1, -0.05) is 6.07 Å². The summed E-state index contributed by atoms with van der Waals surface area (Å²) in [7, 11) is -1.65. The molecule has 2 N–H and O–H groups in total. The van der Waals surface area contributed by atoms with Gasteiger partial charge in [0.2, 0.25) is 0 Å². The number of hydrogen-bond donors (Lipinski definition) is 2. The lowest BCUT2D eigenvalue weighted by Gasteiger charge is -2.32. The number of aromatic nitrogens is 2. The number of alkyl halides is 6. The number of pyridine rings is 2. The van der Waals surface area contributed by atoms with E-state index in [0.717, 1.165) is 12.1 Å². The predicted octanol–water partition coefficient (Wildman–Crippen LogP) is 6.67. The van der Waals surface area contributed by atoms with E-state index in [-0.39, 0.29) is 22.4 Å². The molecule has 20 heteroatoms. The maximum Gasteiger partial charge on any atom is 0.496 e. The van der Waals surface area contributed by atoms with Crippen molar-refractivity contribution in [2.45, 2.75) is 141 Å². The molecule has 2 unspecified atom stereocenters. The zero-order valence-corrected chi connectivity index (χ0v) is 32.8. The van der Waals surface area contributed by atoms with Crippen LogP contribution in [0.3, 0.4) is 0 Å². The molecule has 5 rings (SSSR count). The first-order chi connectivity index (χ1) is 23.2. The van der Waals surface area contributed by atoms with Gasteiger partial charge in [-0.3, -0.25) is 9.97 Å². The quantitative estimate of drug-likeness (QED) is 0.256. The first-order valence-electron chi connectivity index (χ1n) is 16.4. The first-order valence-corrected chi connectivity index (χ1v) is 17.2. The van der Waals surface area contributed by atoms with Crippen LogP contribution in [-0.4, -0.2) is 87.3 Å². The van der Waals surface area contributed by atoms with Crippen molar-refractivity contribution in [1.82, 2.24) is 9.97 Å². The van der Waals surface area contributed by atoms with E-state index < -0.39 is 68.3 Å². The van der Waals surface area contributed by atoms with E-state index >= 15 is 0 Å². The minimum Gasteiger partial charge on any atom is -0.405 e. The molecule has 0 aliphatic carbocycles. The van der Waals surface area contributed by atoms with Gasteiger partial charge in [-0.25, -0.2) is 0 Å². The number of nitrogens with zero attached hydrogens (tertiary/aromatic N) is 2. The summed E-state index contributed by atoms with van der Waals surface area (Å²) in [6.45, 7) is 23.7. The molecule has 0 spiro atoms. The van der Waals surface area contributed by atoms with E-state index in [4.69, 9.17) is 38.1 Å². The third-order valence-electron chi connectivity index (χ3n) is 10.0. The third-order valence-corrected chi connectivity index (χ3v) is 10.5. The largest absolute Gasteiger partial charge is 0.496 e. The van der Waals surface area contributed by atoms with E-state index in [0.29, 0.717) is 9.94 Å². The minimum absolute atomic E-state index is 0.360. The van der Waals surface area contributed by atoms with Gasteiger partial charge in [0.15, 0.2) is 12.2 Å². The van der Waals surface area contributed by atoms with Crippen molar-refractivity contribution in [3.05, 3.63) is 52.5 Å². The fourth-order valence-corrected chi connectivity index (χ4v) is 4.82. The first kappa shape index (κ1) is 44.6. The Morgan fingerprint density at radius 3 is 1.12 bits per heavy atom. The number of aliphatic hydroxyl groups is 2. The highest BCUT2D eigenvalue weighted by atomic mass is 79.9. The summed E-state index contributed by atoms with van der Waals surface area (Å²) in [6, 6.07) is 5.04. The highest BCUT2D eigenvalue weighted by molar-refractivity contribution is 9.10. The molecule has 3 aliphatic heterocycles. The molecule has 0 radical (unpaired) electrons. The second-order valence-electron chi connectivity index (χ2n) is 15.6. The number of hydrogen-bond acceptors (Lipinski definition) is 10. The Hall–Kier alpha value is -1.77. The fraction of sp³-hybridized carbons (Fsp3) is 0.688. The van der Waals surface area contributed by atoms with Gasteiger partial charge in [-0.15, -0.1) is 0 Å². The van der Waals surface area contributed by atoms with E-state index in [1.54, 1.807) is 0 Å². The summed E-state index contributed by atoms with van der Waals surface area (Å²) in [5.74, 6) is 0. The van der Waals surface area contributed by atoms with Gasteiger partial charge in [0.25, 0.3) is 0 Å². The fourth-order valence-electron chi connectivity index (χ4n) is 4.58. The summed E-state index contributed by atoms with van der Waals surface area (Å²) < 4.78 is 109. The van der Waals surface area contributed by atoms with Crippen LogP contribution in [0.15, 0.2) is 41.1 Å². The average molecular weight is 813 g/mol.